The SMILES string of the molecule is CCOC(=O)N/N=C\c1ccc(OCc2ccc(Cl)cc2Cl)c(OC)c1. The zero-order valence-electron chi connectivity index (χ0n) is 14.3. The highest BCUT2D eigenvalue weighted by atomic mass is 35.5. The molecule has 1 amide bonds. The summed E-state index contributed by atoms with van der Waals surface area (Å²) in [6.45, 7) is 2.26. The molecule has 0 bridgehead atoms. The van der Waals surface area contributed by atoms with Crippen LogP contribution in [0.25, 0.3) is 0 Å². The van der Waals surface area contributed by atoms with Crippen LogP contribution >= 0.6 is 23.2 Å². The van der Waals surface area contributed by atoms with Crippen molar-refractivity contribution in [1.29, 1.82) is 0 Å². The first-order valence-electron chi connectivity index (χ1n) is 7.74. The fourth-order valence-electron chi connectivity index (χ4n) is 2.00. The van der Waals surface area contributed by atoms with Crippen LogP contribution in [0.3, 0.4) is 0 Å². The summed E-state index contributed by atoms with van der Waals surface area (Å²) in [5.41, 5.74) is 3.78. The van der Waals surface area contributed by atoms with Crippen LogP contribution in [0.2, 0.25) is 10.0 Å². The Balaban J connectivity index is 2.03. The van der Waals surface area contributed by atoms with Crippen molar-refractivity contribution >= 4 is 35.5 Å². The second-order valence-corrected chi connectivity index (χ2v) is 5.87. The van der Waals surface area contributed by atoms with Crippen LogP contribution in [0, 0.1) is 0 Å². The van der Waals surface area contributed by atoms with Crippen molar-refractivity contribution < 1.29 is 19.0 Å². The molecule has 0 aliphatic rings. The Labute approximate surface area is 161 Å². The van der Waals surface area contributed by atoms with E-state index in [-0.39, 0.29) is 13.2 Å². The Kier molecular flexibility index (Phi) is 7.56. The van der Waals surface area contributed by atoms with Crippen molar-refractivity contribution in [3.05, 3.63) is 57.6 Å². The molecule has 0 aliphatic heterocycles. The number of methoxy groups -OCH3 is 1. The molecule has 2 aromatic rings. The van der Waals surface area contributed by atoms with Gasteiger partial charge in [-0.3, -0.25) is 0 Å². The molecule has 0 saturated heterocycles. The summed E-state index contributed by atoms with van der Waals surface area (Å²) in [5, 5.41) is 4.90. The summed E-state index contributed by atoms with van der Waals surface area (Å²) in [6, 6.07) is 10.5. The van der Waals surface area contributed by atoms with Crippen LogP contribution in [-0.2, 0) is 11.3 Å². The topological polar surface area (TPSA) is 69.2 Å². The third-order valence-electron chi connectivity index (χ3n) is 3.23. The van der Waals surface area contributed by atoms with E-state index in [1.54, 1.807) is 43.3 Å². The van der Waals surface area contributed by atoms with Gasteiger partial charge in [-0.15, -0.1) is 0 Å². The van der Waals surface area contributed by atoms with Gasteiger partial charge in [-0.05, 0) is 42.8 Å². The lowest BCUT2D eigenvalue weighted by Gasteiger charge is -2.12. The lowest BCUT2D eigenvalue weighted by atomic mass is 10.2. The molecule has 2 aromatic carbocycles. The molecule has 0 fully saturated rings. The maximum absolute atomic E-state index is 11.2. The zero-order chi connectivity index (χ0) is 18.9. The molecule has 2 rings (SSSR count). The van der Waals surface area contributed by atoms with Gasteiger partial charge in [0.25, 0.3) is 0 Å². The quantitative estimate of drug-likeness (QED) is 0.545. The number of hydrogen-bond donors (Lipinski definition) is 1. The number of rotatable bonds is 7. The van der Waals surface area contributed by atoms with Gasteiger partial charge in [-0.1, -0.05) is 29.3 Å². The van der Waals surface area contributed by atoms with E-state index in [2.05, 4.69) is 10.5 Å². The normalized spacial score (nSPS) is 10.6. The summed E-state index contributed by atoms with van der Waals surface area (Å²) in [4.78, 5) is 11.2. The van der Waals surface area contributed by atoms with Crippen molar-refractivity contribution in [2.75, 3.05) is 13.7 Å². The minimum absolute atomic E-state index is 0.268. The average Bonchev–Trinajstić information content (AvgIpc) is 2.61. The van der Waals surface area contributed by atoms with Gasteiger partial charge in [0.05, 0.1) is 19.9 Å². The Morgan fingerprint density at radius 3 is 2.69 bits per heavy atom. The van der Waals surface area contributed by atoms with Crippen LogP contribution in [-0.4, -0.2) is 26.0 Å². The van der Waals surface area contributed by atoms with Gasteiger partial charge in [-0.25, -0.2) is 10.2 Å². The largest absolute Gasteiger partial charge is 0.493 e. The van der Waals surface area contributed by atoms with Crippen LogP contribution in [0.1, 0.15) is 18.1 Å². The van der Waals surface area contributed by atoms with E-state index in [9.17, 15) is 4.79 Å². The average molecular weight is 397 g/mol. The number of carbonyl (C=O) groups excluding carboxylic acids is 1. The summed E-state index contributed by atoms with van der Waals surface area (Å²) < 4.78 is 15.8. The number of nitrogens with one attached hydrogen (secondary N) is 1. The van der Waals surface area contributed by atoms with Crippen molar-refractivity contribution in [3.63, 3.8) is 0 Å². The van der Waals surface area contributed by atoms with Crippen molar-refractivity contribution in [1.82, 2.24) is 5.43 Å². The molecule has 0 spiro atoms. The highest BCUT2D eigenvalue weighted by molar-refractivity contribution is 6.35. The Morgan fingerprint density at radius 1 is 1.19 bits per heavy atom. The van der Waals surface area contributed by atoms with E-state index >= 15 is 0 Å². The number of halogens is 2. The molecule has 0 aromatic heterocycles. The van der Waals surface area contributed by atoms with Gasteiger partial charge >= 0.3 is 6.09 Å². The maximum Gasteiger partial charge on any atom is 0.427 e. The molecule has 26 heavy (non-hydrogen) atoms. The molecule has 138 valence electrons. The fraction of sp³-hybridized carbons (Fsp3) is 0.222. The van der Waals surface area contributed by atoms with Crippen molar-refractivity contribution in [2.24, 2.45) is 5.10 Å². The number of hydrogen-bond acceptors (Lipinski definition) is 5. The molecule has 0 heterocycles. The van der Waals surface area contributed by atoms with E-state index in [1.165, 1.54) is 13.3 Å². The number of ether oxygens (including phenoxy) is 3. The van der Waals surface area contributed by atoms with E-state index in [1.807, 2.05) is 0 Å². The molecule has 0 atom stereocenters. The number of amides is 1. The first-order chi connectivity index (χ1) is 12.5. The second kappa shape index (κ2) is 9.89. The zero-order valence-corrected chi connectivity index (χ0v) is 15.8. The predicted molar refractivity (Wildman–Crippen MR) is 102 cm³/mol. The number of benzene rings is 2. The molecule has 0 saturated carbocycles. The Hall–Kier alpha value is -2.44. The van der Waals surface area contributed by atoms with Gasteiger partial charge in [0.2, 0.25) is 0 Å². The van der Waals surface area contributed by atoms with Gasteiger partial charge in [-0.2, -0.15) is 5.10 Å². The van der Waals surface area contributed by atoms with Crippen LogP contribution in [0.4, 0.5) is 4.79 Å². The Morgan fingerprint density at radius 2 is 2.00 bits per heavy atom. The van der Waals surface area contributed by atoms with Crippen molar-refractivity contribution in [3.8, 4) is 11.5 Å². The first kappa shape index (κ1) is 19.9. The smallest absolute Gasteiger partial charge is 0.427 e. The van der Waals surface area contributed by atoms with Crippen LogP contribution in [0.5, 0.6) is 11.5 Å². The van der Waals surface area contributed by atoms with Gasteiger partial charge in [0.1, 0.15) is 6.61 Å². The second-order valence-electron chi connectivity index (χ2n) is 5.03. The predicted octanol–water partition coefficient (Wildman–Crippen LogP) is 4.66. The lowest BCUT2D eigenvalue weighted by Crippen LogP contribution is -2.18. The highest BCUT2D eigenvalue weighted by Crippen LogP contribution is 2.29. The fourth-order valence-corrected chi connectivity index (χ4v) is 2.46. The summed E-state index contributed by atoms with van der Waals surface area (Å²) in [5.74, 6) is 1.07. The third kappa shape index (κ3) is 5.82. The molecular weight excluding hydrogens is 379 g/mol. The van der Waals surface area contributed by atoms with Gasteiger partial charge < -0.3 is 14.2 Å². The van der Waals surface area contributed by atoms with E-state index in [0.717, 1.165) is 11.1 Å². The highest BCUT2D eigenvalue weighted by Gasteiger charge is 2.08. The number of nitrogens with zero attached hydrogens (tertiary/aromatic N) is 1. The van der Waals surface area contributed by atoms with E-state index in [0.29, 0.717) is 21.5 Å². The summed E-state index contributed by atoms with van der Waals surface area (Å²) in [6.07, 6.45) is 0.856. The molecule has 0 unspecified atom stereocenters. The standard InChI is InChI=1S/C18H18Cl2N2O4/c1-3-25-18(23)22-21-10-12-4-7-16(17(8-12)24-2)26-11-13-5-6-14(19)9-15(13)20/h4-10H,3,11H2,1-2H3,(H,22,23)/b21-10-. The lowest BCUT2D eigenvalue weighted by molar-refractivity contribution is 0.152. The number of hydrazone groups is 1. The minimum Gasteiger partial charge on any atom is -0.493 e. The minimum atomic E-state index is -0.615. The number of carbonyl (C=O) groups is 1. The molecule has 8 heteroatoms. The maximum atomic E-state index is 11.2. The molecular formula is C18H18Cl2N2O4. The van der Waals surface area contributed by atoms with Gasteiger partial charge in [0, 0.05) is 15.6 Å². The van der Waals surface area contributed by atoms with Crippen molar-refractivity contribution in [2.45, 2.75) is 13.5 Å². The van der Waals surface area contributed by atoms with Gasteiger partial charge in [0.15, 0.2) is 11.5 Å². The Bertz CT molecular complexity index is 797. The summed E-state index contributed by atoms with van der Waals surface area (Å²) >= 11 is 12.0. The summed E-state index contributed by atoms with van der Waals surface area (Å²) in [7, 11) is 1.54. The van der Waals surface area contributed by atoms with Crippen LogP contribution in [0.15, 0.2) is 41.5 Å². The molecule has 0 radical (unpaired) electrons. The molecule has 6 nitrogen and oxygen atoms in total. The van der Waals surface area contributed by atoms with E-state index < -0.39 is 6.09 Å². The molecule has 0 aliphatic carbocycles. The van der Waals surface area contributed by atoms with Crippen LogP contribution < -0.4 is 14.9 Å². The molecule has 1 N–H and O–H groups in total. The van der Waals surface area contributed by atoms with E-state index in [4.69, 9.17) is 37.4 Å². The third-order valence-corrected chi connectivity index (χ3v) is 3.82. The first-order valence-corrected chi connectivity index (χ1v) is 8.49. The monoisotopic (exact) mass is 396 g/mol.